The number of ether oxygens (including phenoxy) is 1. The summed E-state index contributed by atoms with van der Waals surface area (Å²) in [5.74, 6) is -1.56. The second-order valence-corrected chi connectivity index (χ2v) is 7.72. The molecule has 0 fully saturated rings. The summed E-state index contributed by atoms with van der Waals surface area (Å²) in [6, 6.07) is 21.1. The average molecular weight is 479 g/mol. The molecular weight excluding hydrogens is 456 g/mol. The van der Waals surface area contributed by atoms with Crippen molar-refractivity contribution in [3.05, 3.63) is 94.5 Å². The number of carbonyl (C=O) groups is 3. The molecule has 0 aliphatic carbocycles. The highest BCUT2D eigenvalue weighted by Gasteiger charge is 2.12. The molecule has 0 atom stereocenters. The number of rotatable bonds is 8. The molecular formula is C25H23ClN4O4. The number of hydrazone groups is 1. The molecule has 0 saturated heterocycles. The molecule has 3 aromatic carbocycles. The van der Waals surface area contributed by atoms with Crippen molar-refractivity contribution >= 4 is 41.2 Å². The summed E-state index contributed by atoms with van der Waals surface area (Å²) in [6.45, 7) is 2.01. The number of nitrogens with zero attached hydrogens (tertiary/aromatic N) is 1. The van der Waals surface area contributed by atoms with Crippen LogP contribution >= 0.6 is 11.6 Å². The van der Waals surface area contributed by atoms with Gasteiger partial charge >= 0.3 is 11.8 Å². The molecule has 3 aromatic rings. The molecule has 8 nitrogen and oxygen atoms in total. The van der Waals surface area contributed by atoms with Crippen molar-refractivity contribution in [2.75, 3.05) is 11.9 Å². The Morgan fingerprint density at radius 2 is 1.71 bits per heavy atom. The largest absolute Gasteiger partial charge is 0.484 e. The molecule has 0 unspecified atom stereocenters. The Kier molecular flexibility index (Phi) is 8.76. The quantitative estimate of drug-likeness (QED) is 0.262. The van der Waals surface area contributed by atoms with E-state index in [4.69, 9.17) is 16.3 Å². The van der Waals surface area contributed by atoms with Crippen molar-refractivity contribution in [3.8, 4) is 5.75 Å². The van der Waals surface area contributed by atoms with Gasteiger partial charge in [0.15, 0.2) is 6.61 Å². The lowest BCUT2D eigenvalue weighted by Gasteiger charge is -2.08. The maximum Gasteiger partial charge on any atom is 0.329 e. The van der Waals surface area contributed by atoms with Crippen LogP contribution in [0.2, 0.25) is 5.02 Å². The zero-order valence-electron chi connectivity index (χ0n) is 18.4. The van der Waals surface area contributed by atoms with Crippen molar-refractivity contribution in [3.63, 3.8) is 0 Å². The summed E-state index contributed by atoms with van der Waals surface area (Å²) in [5.41, 5.74) is 5.39. The molecule has 3 amide bonds. The molecule has 0 aliphatic rings. The van der Waals surface area contributed by atoms with Crippen LogP contribution < -0.4 is 20.8 Å². The number of nitrogens with one attached hydrogen (secondary N) is 3. The Labute approximate surface area is 202 Å². The van der Waals surface area contributed by atoms with E-state index in [2.05, 4.69) is 21.2 Å². The van der Waals surface area contributed by atoms with Gasteiger partial charge in [-0.2, -0.15) is 5.10 Å². The van der Waals surface area contributed by atoms with Crippen molar-refractivity contribution < 1.29 is 19.1 Å². The van der Waals surface area contributed by atoms with Crippen molar-refractivity contribution in [2.45, 2.75) is 13.5 Å². The highest BCUT2D eigenvalue weighted by atomic mass is 35.5. The SMILES string of the molecule is Cc1ccc(CNC(=O)C(=O)N/N=C\c2cccc(OCC(=O)Nc3ccc(Cl)cc3)c2)cc1. The van der Waals surface area contributed by atoms with E-state index in [0.717, 1.165) is 11.1 Å². The predicted molar refractivity (Wildman–Crippen MR) is 131 cm³/mol. The first-order valence-electron chi connectivity index (χ1n) is 10.3. The van der Waals surface area contributed by atoms with Gasteiger partial charge in [-0.3, -0.25) is 14.4 Å². The van der Waals surface area contributed by atoms with Crippen LogP contribution in [0.3, 0.4) is 0 Å². The van der Waals surface area contributed by atoms with Crippen LogP contribution in [-0.4, -0.2) is 30.5 Å². The maximum absolute atomic E-state index is 12.0. The Morgan fingerprint density at radius 3 is 2.44 bits per heavy atom. The fourth-order valence-electron chi connectivity index (χ4n) is 2.75. The summed E-state index contributed by atoms with van der Waals surface area (Å²) in [4.78, 5) is 35.9. The van der Waals surface area contributed by atoms with Crippen molar-refractivity contribution in [1.82, 2.24) is 10.7 Å². The Bertz CT molecular complexity index is 1180. The molecule has 3 rings (SSSR count). The summed E-state index contributed by atoms with van der Waals surface area (Å²) in [5, 5.41) is 9.61. The van der Waals surface area contributed by atoms with Gasteiger partial charge in [-0.05, 0) is 54.4 Å². The molecule has 0 saturated carbocycles. The third-order valence-corrected chi connectivity index (χ3v) is 4.77. The van der Waals surface area contributed by atoms with Crippen LogP contribution in [0.4, 0.5) is 5.69 Å². The van der Waals surface area contributed by atoms with Gasteiger partial charge in [0.2, 0.25) is 0 Å². The first kappa shape index (κ1) is 24.5. The molecule has 0 spiro atoms. The topological polar surface area (TPSA) is 109 Å². The minimum absolute atomic E-state index is 0.193. The van der Waals surface area contributed by atoms with E-state index in [-0.39, 0.29) is 19.1 Å². The second kappa shape index (κ2) is 12.2. The van der Waals surface area contributed by atoms with Gasteiger partial charge in [-0.25, -0.2) is 5.43 Å². The Hall–Kier alpha value is -4.17. The van der Waals surface area contributed by atoms with E-state index in [1.165, 1.54) is 6.21 Å². The van der Waals surface area contributed by atoms with E-state index < -0.39 is 11.8 Å². The number of carbonyl (C=O) groups excluding carboxylic acids is 3. The molecule has 0 aliphatic heterocycles. The monoisotopic (exact) mass is 478 g/mol. The fraction of sp³-hybridized carbons (Fsp3) is 0.120. The standard InChI is InChI=1S/C25H23ClN4O4/c1-17-5-7-18(8-6-17)14-27-24(32)25(33)30-28-15-19-3-2-4-22(13-19)34-16-23(31)29-21-11-9-20(26)10-12-21/h2-13,15H,14,16H2,1H3,(H,27,32)(H,29,31)(H,30,33)/b28-15-. The van der Waals surface area contributed by atoms with Gasteiger partial charge in [0.1, 0.15) is 5.75 Å². The molecule has 0 bridgehead atoms. The van der Waals surface area contributed by atoms with E-state index in [1.807, 2.05) is 31.2 Å². The van der Waals surface area contributed by atoms with E-state index >= 15 is 0 Å². The first-order chi connectivity index (χ1) is 16.4. The fourth-order valence-corrected chi connectivity index (χ4v) is 2.87. The Morgan fingerprint density at radius 1 is 0.971 bits per heavy atom. The van der Waals surface area contributed by atoms with Gasteiger partial charge in [0.25, 0.3) is 5.91 Å². The molecule has 174 valence electrons. The molecule has 9 heteroatoms. The zero-order chi connectivity index (χ0) is 24.3. The molecule has 0 radical (unpaired) electrons. The van der Waals surface area contributed by atoms with Crippen LogP contribution in [0.5, 0.6) is 5.75 Å². The number of hydrogen-bond acceptors (Lipinski definition) is 5. The lowest BCUT2D eigenvalue weighted by molar-refractivity contribution is -0.139. The number of benzene rings is 3. The highest BCUT2D eigenvalue weighted by Crippen LogP contribution is 2.14. The minimum Gasteiger partial charge on any atom is -0.484 e. The van der Waals surface area contributed by atoms with Gasteiger partial charge < -0.3 is 15.4 Å². The van der Waals surface area contributed by atoms with Crippen LogP contribution in [-0.2, 0) is 20.9 Å². The summed E-state index contributed by atoms with van der Waals surface area (Å²) >= 11 is 5.82. The third-order valence-electron chi connectivity index (χ3n) is 4.52. The minimum atomic E-state index is -0.880. The molecule has 3 N–H and O–H groups in total. The van der Waals surface area contributed by atoms with Crippen LogP contribution in [0.15, 0.2) is 77.9 Å². The smallest absolute Gasteiger partial charge is 0.329 e. The highest BCUT2D eigenvalue weighted by molar-refractivity contribution is 6.35. The Balaban J connectivity index is 1.43. The van der Waals surface area contributed by atoms with Crippen molar-refractivity contribution in [1.29, 1.82) is 0 Å². The molecule has 0 aromatic heterocycles. The zero-order valence-corrected chi connectivity index (χ0v) is 19.1. The van der Waals surface area contributed by atoms with Crippen LogP contribution in [0, 0.1) is 6.92 Å². The van der Waals surface area contributed by atoms with E-state index in [9.17, 15) is 14.4 Å². The molecule has 34 heavy (non-hydrogen) atoms. The number of hydrogen-bond donors (Lipinski definition) is 3. The lowest BCUT2D eigenvalue weighted by Crippen LogP contribution is -2.37. The van der Waals surface area contributed by atoms with Gasteiger partial charge in [0.05, 0.1) is 6.21 Å². The van der Waals surface area contributed by atoms with Crippen LogP contribution in [0.1, 0.15) is 16.7 Å². The van der Waals surface area contributed by atoms with E-state index in [0.29, 0.717) is 22.0 Å². The summed E-state index contributed by atoms with van der Waals surface area (Å²) in [6.07, 6.45) is 1.37. The number of amides is 3. The summed E-state index contributed by atoms with van der Waals surface area (Å²) < 4.78 is 5.50. The third kappa shape index (κ3) is 8.07. The predicted octanol–water partition coefficient (Wildman–Crippen LogP) is 3.43. The van der Waals surface area contributed by atoms with Gasteiger partial charge in [0, 0.05) is 17.3 Å². The maximum atomic E-state index is 12.0. The second-order valence-electron chi connectivity index (χ2n) is 7.28. The van der Waals surface area contributed by atoms with Crippen LogP contribution in [0.25, 0.3) is 0 Å². The molecule has 0 heterocycles. The average Bonchev–Trinajstić information content (AvgIpc) is 2.84. The van der Waals surface area contributed by atoms with E-state index in [1.54, 1.807) is 48.5 Å². The van der Waals surface area contributed by atoms with Gasteiger partial charge in [-0.1, -0.05) is 53.6 Å². The first-order valence-corrected chi connectivity index (χ1v) is 10.7. The summed E-state index contributed by atoms with van der Waals surface area (Å²) in [7, 11) is 0. The van der Waals surface area contributed by atoms with Crippen molar-refractivity contribution in [2.24, 2.45) is 5.10 Å². The number of halogens is 1. The normalized spacial score (nSPS) is 10.5. The number of aryl methyl sites for hydroxylation is 1. The number of anilines is 1. The van der Waals surface area contributed by atoms with Gasteiger partial charge in [-0.15, -0.1) is 0 Å². The lowest BCUT2D eigenvalue weighted by atomic mass is 10.1.